The average Bonchev–Trinajstić information content (AvgIpc) is 2.36. The lowest BCUT2D eigenvalue weighted by Crippen LogP contribution is -2.44. The summed E-state index contributed by atoms with van der Waals surface area (Å²) in [5, 5.41) is 11.3. The van der Waals surface area contributed by atoms with E-state index in [2.05, 4.69) is 5.32 Å². The molecule has 0 heterocycles. The normalized spacial score (nSPS) is 11.9. The van der Waals surface area contributed by atoms with E-state index in [4.69, 9.17) is 9.84 Å². The zero-order valence-corrected chi connectivity index (χ0v) is 12.1. The molecule has 0 saturated heterocycles. The summed E-state index contributed by atoms with van der Waals surface area (Å²) < 4.78 is 4.99. The molecular weight excluding hydrogens is 248 g/mol. The highest BCUT2D eigenvalue weighted by Crippen LogP contribution is 2.02. The minimum absolute atomic E-state index is 0.0422. The van der Waals surface area contributed by atoms with Crippen molar-refractivity contribution < 1.29 is 19.4 Å². The summed E-state index contributed by atoms with van der Waals surface area (Å²) >= 11 is 0. The number of unbranched alkanes of at least 4 members (excludes halogenated alkanes) is 3. The molecular formula is C13H26N2O4. The van der Waals surface area contributed by atoms with Crippen molar-refractivity contribution in [3.05, 3.63) is 0 Å². The van der Waals surface area contributed by atoms with E-state index in [1.165, 1.54) is 0 Å². The van der Waals surface area contributed by atoms with Crippen LogP contribution in [-0.2, 0) is 9.53 Å². The van der Waals surface area contributed by atoms with Crippen molar-refractivity contribution in [2.45, 2.75) is 45.1 Å². The second-order valence-corrected chi connectivity index (χ2v) is 4.71. The van der Waals surface area contributed by atoms with Crippen molar-refractivity contribution in [3.63, 3.8) is 0 Å². The van der Waals surface area contributed by atoms with Crippen LogP contribution in [0.1, 0.15) is 39.0 Å². The molecule has 1 atom stereocenters. The van der Waals surface area contributed by atoms with Gasteiger partial charge in [-0.05, 0) is 19.8 Å². The van der Waals surface area contributed by atoms with Crippen LogP contribution in [0.4, 0.5) is 4.79 Å². The number of nitrogens with zero attached hydrogens (tertiary/aromatic N) is 1. The molecule has 2 amide bonds. The van der Waals surface area contributed by atoms with Crippen molar-refractivity contribution in [2.24, 2.45) is 0 Å². The summed E-state index contributed by atoms with van der Waals surface area (Å²) in [6.07, 6.45) is 3.62. The van der Waals surface area contributed by atoms with Crippen molar-refractivity contribution in [2.75, 3.05) is 27.3 Å². The Morgan fingerprint density at radius 2 is 1.89 bits per heavy atom. The summed E-state index contributed by atoms with van der Waals surface area (Å²) in [6.45, 7) is 3.06. The molecule has 0 aliphatic heterocycles. The van der Waals surface area contributed by atoms with E-state index in [0.29, 0.717) is 19.6 Å². The third kappa shape index (κ3) is 9.30. The third-order valence-electron chi connectivity index (χ3n) is 2.98. The molecule has 0 saturated carbocycles. The number of rotatable bonds is 10. The third-order valence-corrected chi connectivity index (χ3v) is 2.98. The molecule has 6 heteroatoms. The van der Waals surface area contributed by atoms with Crippen LogP contribution in [0.15, 0.2) is 0 Å². The van der Waals surface area contributed by atoms with Crippen molar-refractivity contribution >= 4 is 12.0 Å². The number of urea groups is 1. The molecule has 0 aliphatic rings. The van der Waals surface area contributed by atoms with Crippen molar-refractivity contribution in [1.82, 2.24) is 10.2 Å². The van der Waals surface area contributed by atoms with Crippen LogP contribution >= 0.6 is 0 Å². The van der Waals surface area contributed by atoms with E-state index in [9.17, 15) is 9.59 Å². The molecule has 112 valence electrons. The summed E-state index contributed by atoms with van der Waals surface area (Å²) in [7, 11) is 3.35. The first kappa shape index (κ1) is 17.7. The van der Waals surface area contributed by atoms with Gasteiger partial charge < -0.3 is 20.1 Å². The Hall–Kier alpha value is -1.30. The second-order valence-electron chi connectivity index (χ2n) is 4.71. The highest BCUT2D eigenvalue weighted by Gasteiger charge is 2.14. The predicted octanol–water partition coefficient (Wildman–Crippen LogP) is 1.70. The molecule has 0 radical (unpaired) electrons. The van der Waals surface area contributed by atoms with Crippen molar-refractivity contribution in [3.8, 4) is 0 Å². The Morgan fingerprint density at radius 3 is 2.47 bits per heavy atom. The topological polar surface area (TPSA) is 78.9 Å². The van der Waals surface area contributed by atoms with Gasteiger partial charge in [0.2, 0.25) is 0 Å². The summed E-state index contributed by atoms with van der Waals surface area (Å²) in [6, 6.07) is -0.0596. The highest BCUT2D eigenvalue weighted by molar-refractivity contribution is 5.74. The first-order valence-electron chi connectivity index (χ1n) is 6.70. The van der Waals surface area contributed by atoms with Gasteiger partial charge >= 0.3 is 12.0 Å². The molecule has 0 rings (SSSR count). The van der Waals surface area contributed by atoms with E-state index in [1.807, 2.05) is 6.92 Å². The minimum Gasteiger partial charge on any atom is -0.481 e. The average molecular weight is 274 g/mol. The number of carboxylic acid groups (broad SMARTS) is 1. The highest BCUT2D eigenvalue weighted by atomic mass is 16.5. The number of nitrogens with one attached hydrogen (secondary N) is 1. The molecule has 0 aromatic carbocycles. The second kappa shape index (κ2) is 10.6. The number of carboxylic acids is 1. The molecule has 0 spiro atoms. The predicted molar refractivity (Wildman–Crippen MR) is 73.2 cm³/mol. The summed E-state index contributed by atoms with van der Waals surface area (Å²) in [5.74, 6) is -0.748. The van der Waals surface area contributed by atoms with Crippen LogP contribution in [0, 0.1) is 0 Å². The molecule has 0 aliphatic carbocycles. The molecule has 2 N–H and O–H groups in total. The lowest BCUT2D eigenvalue weighted by atomic mass is 10.1. The molecule has 0 aromatic rings. The maximum Gasteiger partial charge on any atom is 0.317 e. The fraction of sp³-hybridized carbons (Fsp3) is 0.846. The van der Waals surface area contributed by atoms with Crippen molar-refractivity contribution in [1.29, 1.82) is 0 Å². The van der Waals surface area contributed by atoms with E-state index in [0.717, 1.165) is 19.3 Å². The number of ether oxygens (including phenoxy) is 1. The first-order valence-corrected chi connectivity index (χ1v) is 6.70. The largest absolute Gasteiger partial charge is 0.481 e. The lowest BCUT2D eigenvalue weighted by Gasteiger charge is -2.24. The van der Waals surface area contributed by atoms with Gasteiger partial charge in [0.1, 0.15) is 0 Å². The Balaban J connectivity index is 3.55. The Kier molecular flexibility index (Phi) is 9.88. The Morgan fingerprint density at radius 1 is 1.26 bits per heavy atom. The number of hydrogen-bond acceptors (Lipinski definition) is 3. The number of methoxy groups -OCH3 is 1. The van der Waals surface area contributed by atoms with E-state index in [-0.39, 0.29) is 18.5 Å². The van der Waals surface area contributed by atoms with Gasteiger partial charge in [-0.1, -0.05) is 12.8 Å². The van der Waals surface area contributed by atoms with Gasteiger partial charge in [0.25, 0.3) is 0 Å². The SMILES string of the molecule is COCC(C)N(C)C(=O)NCCCCCCC(=O)O. The van der Waals surface area contributed by atoms with Crippen LogP contribution in [0.2, 0.25) is 0 Å². The number of carbonyl (C=O) groups is 2. The molecule has 6 nitrogen and oxygen atoms in total. The monoisotopic (exact) mass is 274 g/mol. The van der Waals surface area contributed by atoms with Crippen LogP contribution in [0.3, 0.4) is 0 Å². The molecule has 0 bridgehead atoms. The number of carbonyl (C=O) groups excluding carboxylic acids is 1. The molecule has 0 aromatic heterocycles. The lowest BCUT2D eigenvalue weighted by molar-refractivity contribution is -0.137. The van der Waals surface area contributed by atoms with Gasteiger partial charge in [-0.15, -0.1) is 0 Å². The maximum atomic E-state index is 11.7. The fourth-order valence-electron chi connectivity index (χ4n) is 1.63. The van der Waals surface area contributed by atoms with E-state index in [1.54, 1.807) is 19.1 Å². The van der Waals surface area contributed by atoms with Gasteiger partial charge in [0.05, 0.1) is 12.6 Å². The summed E-state index contributed by atoms with van der Waals surface area (Å²) in [5.41, 5.74) is 0. The quantitative estimate of drug-likeness (QED) is 0.594. The van der Waals surface area contributed by atoms with Gasteiger partial charge in [0, 0.05) is 27.1 Å². The summed E-state index contributed by atoms with van der Waals surface area (Å²) in [4.78, 5) is 23.6. The number of likely N-dealkylation sites (N-methyl/N-ethyl adjacent to an activating group) is 1. The smallest absolute Gasteiger partial charge is 0.317 e. The fourth-order valence-corrected chi connectivity index (χ4v) is 1.63. The van der Waals surface area contributed by atoms with Gasteiger partial charge in [0.15, 0.2) is 0 Å². The van der Waals surface area contributed by atoms with Crippen LogP contribution in [-0.4, -0.2) is 55.4 Å². The van der Waals surface area contributed by atoms with Crippen LogP contribution < -0.4 is 5.32 Å². The van der Waals surface area contributed by atoms with Gasteiger partial charge in [-0.25, -0.2) is 4.79 Å². The van der Waals surface area contributed by atoms with Crippen LogP contribution in [0.5, 0.6) is 0 Å². The zero-order valence-electron chi connectivity index (χ0n) is 12.1. The number of amides is 2. The van der Waals surface area contributed by atoms with E-state index >= 15 is 0 Å². The van der Waals surface area contributed by atoms with Crippen LogP contribution in [0.25, 0.3) is 0 Å². The standard InChI is InChI=1S/C13H26N2O4/c1-11(10-19-3)15(2)13(18)14-9-7-5-4-6-8-12(16)17/h11H,4-10H2,1-3H3,(H,14,18)(H,16,17). The van der Waals surface area contributed by atoms with E-state index < -0.39 is 5.97 Å². The zero-order chi connectivity index (χ0) is 14.7. The Bertz CT molecular complexity index is 271. The molecule has 1 unspecified atom stereocenters. The minimum atomic E-state index is -0.748. The number of hydrogen-bond donors (Lipinski definition) is 2. The van der Waals surface area contributed by atoms with Gasteiger partial charge in [-0.3, -0.25) is 4.79 Å². The molecule has 19 heavy (non-hydrogen) atoms. The first-order chi connectivity index (χ1) is 8.99. The Labute approximate surface area is 115 Å². The molecule has 0 fully saturated rings. The van der Waals surface area contributed by atoms with Gasteiger partial charge in [-0.2, -0.15) is 0 Å². The number of aliphatic carboxylic acids is 1. The maximum absolute atomic E-state index is 11.7.